The van der Waals surface area contributed by atoms with Gasteiger partial charge in [-0.25, -0.2) is 0 Å². The smallest absolute Gasteiger partial charge is 0.136 e. The van der Waals surface area contributed by atoms with Gasteiger partial charge in [-0.2, -0.15) is 0 Å². The number of hydrogen-bond acceptors (Lipinski definition) is 2. The minimum atomic E-state index is 0.910. The van der Waals surface area contributed by atoms with Gasteiger partial charge in [-0.1, -0.05) is 103 Å². The Hall–Kier alpha value is -5.86. The van der Waals surface area contributed by atoms with Crippen molar-refractivity contribution in [3.63, 3.8) is 0 Å². The van der Waals surface area contributed by atoms with Gasteiger partial charge in [-0.3, -0.25) is 0 Å². The van der Waals surface area contributed by atoms with Gasteiger partial charge < -0.3 is 8.83 Å². The number of rotatable bonds is 1. The lowest BCUT2D eigenvalue weighted by atomic mass is 9.79. The van der Waals surface area contributed by atoms with Crippen LogP contribution in [0.4, 0.5) is 0 Å². The lowest BCUT2D eigenvalue weighted by Gasteiger charge is -2.24. The molecule has 9 aromatic rings. The van der Waals surface area contributed by atoms with Crippen LogP contribution in [-0.2, 0) is 0 Å². The fraction of sp³-hybridized carbons (Fsp3) is 0. The van der Waals surface area contributed by atoms with Crippen molar-refractivity contribution in [3.05, 3.63) is 146 Å². The van der Waals surface area contributed by atoms with Crippen molar-refractivity contribution in [1.82, 2.24) is 0 Å². The van der Waals surface area contributed by atoms with Gasteiger partial charge in [0.15, 0.2) is 0 Å². The van der Waals surface area contributed by atoms with Crippen molar-refractivity contribution in [1.29, 1.82) is 0 Å². The third kappa shape index (κ3) is 3.25. The second-order valence-electron chi connectivity index (χ2n) is 11.6. The second kappa shape index (κ2) is 8.82. The Morgan fingerprint density at radius 1 is 0.295 bits per heavy atom. The SMILES string of the molecule is c1ccc2c(c1)-c1ccc(-c3ccc4oc5ccccc5c4c3)cc1-c1ccccc1-c1c-2ccc2oc3ccccc3c12. The van der Waals surface area contributed by atoms with Gasteiger partial charge >= 0.3 is 0 Å². The molecule has 204 valence electrons. The fourth-order valence-electron chi connectivity index (χ4n) is 7.30. The molecule has 2 aromatic heterocycles. The highest BCUT2D eigenvalue weighted by Crippen LogP contribution is 2.51. The van der Waals surface area contributed by atoms with E-state index in [1.807, 2.05) is 18.2 Å². The van der Waals surface area contributed by atoms with E-state index in [1.54, 1.807) is 0 Å². The predicted molar refractivity (Wildman–Crippen MR) is 182 cm³/mol. The maximum atomic E-state index is 6.39. The van der Waals surface area contributed by atoms with E-state index < -0.39 is 0 Å². The quantitative estimate of drug-likeness (QED) is 0.200. The molecular formula is C42H24O2. The van der Waals surface area contributed by atoms with Crippen molar-refractivity contribution >= 4 is 43.9 Å². The van der Waals surface area contributed by atoms with Crippen LogP contribution >= 0.6 is 0 Å². The van der Waals surface area contributed by atoms with Gasteiger partial charge in [0.1, 0.15) is 22.3 Å². The van der Waals surface area contributed by atoms with E-state index in [0.29, 0.717) is 0 Å². The number of benzene rings is 7. The van der Waals surface area contributed by atoms with Crippen molar-refractivity contribution < 1.29 is 8.83 Å². The first-order valence-corrected chi connectivity index (χ1v) is 15.0. The lowest BCUT2D eigenvalue weighted by molar-refractivity contribution is 0.668. The summed E-state index contributed by atoms with van der Waals surface area (Å²) < 4.78 is 12.5. The molecule has 1 aliphatic rings. The van der Waals surface area contributed by atoms with E-state index in [-0.39, 0.29) is 0 Å². The molecule has 44 heavy (non-hydrogen) atoms. The van der Waals surface area contributed by atoms with Crippen LogP contribution in [0.2, 0.25) is 0 Å². The van der Waals surface area contributed by atoms with Crippen LogP contribution in [0.5, 0.6) is 0 Å². The van der Waals surface area contributed by atoms with Crippen molar-refractivity contribution in [2.24, 2.45) is 0 Å². The first-order valence-electron chi connectivity index (χ1n) is 15.0. The molecule has 0 spiro atoms. The number of para-hydroxylation sites is 2. The highest BCUT2D eigenvalue weighted by molar-refractivity contribution is 6.19. The van der Waals surface area contributed by atoms with E-state index >= 15 is 0 Å². The summed E-state index contributed by atoms with van der Waals surface area (Å²) in [5, 5.41) is 4.58. The molecule has 10 rings (SSSR count). The Balaban J connectivity index is 1.29. The molecule has 0 aliphatic heterocycles. The van der Waals surface area contributed by atoms with Crippen LogP contribution < -0.4 is 0 Å². The van der Waals surface area contributed by atoms with Crippen molar-refractivity contribution in [2.75, 3.05) is 0 Å². The molecule has 0 N–H and O–H groups in total. The minimum Gasteiger partial charge on any atom is -0.456 e. The monoisotopic (exact) mass is 560 g/mol. The molecule has 0 bridgehead atoms. The normalized spacial score (nSPS) is 12.1. The standard InChI is InChI=1S/C42H24O2/c1-2-10-28-27(9-1)30-19-17-25(26-18-21-39-36(24-26)31-12-5-7-15-37(31)43-39)23-35(30)29-11-3-4-13-32(29)41-33(28)20-22-40-42(41)34-14-6-8-16-38(34)44-40/h1-24H. The van der Waals surface area contributed by atoms with Crippen LogP contribution in [0.15, 0.2) is 154 Å². The van der Waals surface area contributed by atoms with Gasteiger partial charge in [0.2, 0.25) is 0 Å². The van der Waals surface area contributed by atoms with Gasteiger partial charge in [-0.15, -0.1) is 0 Å². The Morgan fingerprint density at radius 3 is 1.61 bits per heavy atom. The van der Waals surface area contributed by atoms with Crippen molar-refractivity contribution in [2.45, 2.75) is 0 Å². The largest absolute Gasteiger partial charge is 0.456 e. The van der Waals surface area contributed by atoms with Crippen LogP contribution in [0, 0.1) is 0 Å². The summed E-state index contributed by atoms with van der Waals surface area (Å²) in [5.41, 5.74) is 15.8. The number of hydrogen-bond donors (Lipinski definition) is 0. The molecule has 1 aliphatic carbocycles. The summed E-state index contributed by atoms with van der Waals surface area (Å²) in [4.78, 5) is 0. The molecule has 2 heteroatoms. The Kier molecular flexibility index (Phi) is 4.75. The lowest BCUT2D eigenvalue weighted by Crippen LogP contribution is -1.98. The molecular weight excluding hydrogens is 536 g/mol. The second-order valence-corrected chi connectivity index (χ2v) is 11.6. The first kappa shape index (κ1) is 23.7. The summed E-state index contributed by atoms with van der Waals surface area (Å²) in [6.07, 6.45) is 0. The Bertz CT molecular complexity index is 2610. The topological polar surface area (TPSA) is 26.3 Å². The zero-order chi connectivity index (χ0) is 28.8. The number of fused-ring (bicyclic) bond motifs is 15. The molecule has 0 unspecified atom stereocenters. The Labute approximate surface area is 253 Å². The van der Waals surface area contributed by atoms with E-state index in [0.717, 1.165) is 43.9 Å². The maximum Gasteiger partial charge on any atom is 0.136 e. The molecule has 7 aromatic carbocycles. The van der Waals surface area contributed by atoms with Crippen LogP contribution in [0.3, 0.4) is 0 Å². The summed E-state index contributed by atoms with van der Waals surface area (Å²) in [6, 6.07) is 52.1. The molecule has 0 radical (unpaired) electrons. The fourth-order valence-corrected chi connectivity index (χ4v) is 7.30. The summed E-state index contributed by atoms with van der Waals surface area (Å²) >= 11 is 0. The van der Waals surface area contributed by atoms with Crippen LogP contribution in [-0.4, -0.2) is 0 Å². The number of furan rings is 2. The van der Waals surface area contributed by atoms with E-state index in [1.165, 1.54) is 55.6 Å². The summed E-state index contributed by atoms with van der Waals surface area (Å²) in [6.45, 7) is 0. The minimum absolute atomic E-state index is 0.910. The third-order valence-corrected chi connectivity index (χ3v) is 9.27. The first-order chi connectivity index (χ1) is 21.8. The van der Waals surface area contributed by atoms with Gasteiger partial charge in [0.05, 0.1) is 0 Å². The van der Waals surface area contributed by atoms with Crippen molar-refractivity contribution in [3.8, 4) is 55.6 Å². The molecule has 2 nitrogen and oxygen atoms in total. The molecule has 0 atom stereocenters. The zero-order valence-corrected chi connectivity index (χ0v) is 23.7. The maximum absolute atomic E-state index is 6.39. The van der Waals surface area contributed by atoms with E-state index in [9.17, 15) is 0 Å². The third-order valence-electron chi connectivity index (χ3n) is 9.27. The summed E-state index contributed by atoms with van der Waals surface area (Å²) in [7, 11) is 0. The highest BCUT2D eigenvalue weighted by Gasteiger charge is 2.25. The molecule has 2 heterocycles. The predicted octanol–water partition coefficient (Wildman–Crippen LogP) is 12.1. The zero-order valence-electron chi connectivity index (χ0n) is 23.7. The molecule has 0 fully saturated rings. The van der Waals surface area contributed by atoms with E-state index in [2.05, 4.69) is 127 Å². The Morgan fingerprint density at radius 2 is 0.795 bits per heavy atom. The van der Waals surface area contributed by atoms with Crippen LogP contribution in [0.1, 0.15) is 0 Å². The molecule has 0 saturated carbocycles. The van der Waals surface area contributed by atoms with Gasteiger partial charge in [-0.05, 0) is 92.5 Å². The van der Waals surface area contributed by atoms with Gasteiger partial charge in [0, 0.05) is 27.1 Å². The van der Waals surface area contributed by atoms with Gasteiger partial charge in [0.25, 0.3) is 0 Å². The van der Waals surface area contributed by atoms with E-state index in [4.69, 9.17) is 8.83 Å². The molecule has 0 saturated heterocycles. The highest BCUT2D eigenvalue weighted by atomic mass is 16.3. The van der Waals surface area contributed by atoms with Crippen LogP contribution in [0.25, 0.3) is 99.5 Å². The summed E-state index contributed by atoms with van der Waals surface area (Å²) in [5.74, 6) is 0. The average molecular weight is 561 g/mol. The molecule has 0 amide bonds. The average Bonchev–Trinajstić information content (AvgIpc) is 3.65.